The number of carbonyl (C=O) groups excluding carboxylic acids is 1. The Balaban J connectivity index is 2.77. The molecule has 12 heteroatoms. The number of allylic oxidation sites excluding steroid dienone is 2. The molecule has 0 amide bonds. The Morgan fingerprint density at radius 2 is 1.82 bits per heavy atom. The van der Waals surface area contributed by atoms with Gasteiger partial charge in [-0.05, 0) is 26.0 Å². The van der Waals surface area contributed by atoms with Gasteiger partial charge < -0.3 is 5.84 Å². The minimum atomic E-state index is -5.06. The molecule has 1 heterocycles. The van der Waals surface area contributed by atoms with Crippen molar-refractivity contribution >= 4 is 29.6 Å². The maximum absolute atomic E-state index is 14.4. The van der Waals surface area contributed by atoms with E-state index in [1.807, 2.05) is 0 Å². The molecule has 1 aromatic carbocycles. The van der Waals surface area contributed by atoms with Crippen molar-refractivity contribution in [2.45, 2.75) is 24.9 Å². The highest BCUT2D eigenvalue weighted by Gasteiger charge is 2.36. The number of benzene rings is 1. The van der Waals surface area contributed by atoms with E-state index < -0.39 is 34.6 Å². The minimum Gasteiger partial charge on any atom is -0.335 e. The monoisotopic (exact) mass is 437 g/mol. The fourth-order valence-electron chi connectivity index (χ4n) is 2.13. The van der Waals surface area contributed by atoms with Gasteiger partial charge in [0.1, 0.15) is 5.82 Å². The van der Waals surface area contributed by atoms with Gasteiger partial charge in [0.15, 0.2) is 12.0 Å². The lowest BCUT2D eigenvalue weighted by Gasteiger charge is -2.15. The van der Waals surface area contributed by atoms with E-state index in [1.54, 1.807) is 13.8 Å². The smallest absolute Gasteiger partial charge is 0.335 e. The number of hydrogen-bond donors (Lipinski definition) is 1. The van der Waals surface area contributed by atoms with E-state index in [1.165, 1.54) is 0 Å². The molecule has 150 valence electrons. The van der Waals surface area contributed by atoms with Crippen LogP contribution in [0.3, 0.4) is 0 Å². The summed E-state index contributed by atoms with van der Waals surface area (Å²) in [4.78, 5) is 35.8. The first-order valence-electron chi connectivity index (χ1n) is 7.39. The zero-order chi connectivity index (χ0) is 21.4. The van der Waals surface area contributed by atoms with Gasteiger partial charge >= 0.3 is 11.9 Å². The molecule has 6 nitrogen and oxygen atoms in total. The summed E-state index contributed by atoms with van der Waals surface area (Å²) >= 11 is 6.79. The molecule has 0 aliphatic rings. The van der Waals surface area contributed by atoms with Crippen molar-refractivity contribution in [3.63, 3.8) is 0 Å². The second kappa shape index (κ2) is 7.84. The standard InChI is InChI=1S/C16H12ClF4N3O3S/c1-7(2)12(6-25)28-11-4-10(9(18)3-8(11)17)23-14(26)5-13(16(19,20)21)24(22)15(23)27/h3-6H,22H2,1-2H3. The zero-order valence-electron chi connectivity index (χ0n) is 14.3. The van der Waals surface area contributed by atoms with Crippen LogP contribution in [0.15, 0.2) is 43.2 Å². The van der Waals surface area contributed by atoms with Crippen LogP contribution in [-0.2, 0) is 11.0 Å². The molecule has 2 rings (SSSR count). The van der Waals surface area contributed by atoms with Gasteiger partial charge in [0, 0.05) is 11.0 Å². The summed E-state index contributed by atoms with van der Waals surface area (Å²) in [6, 6.07) is 1.83. The molecule has 0 aliphatic heterocycles. The summed E-state index contributed by atoms with van der Waals surface area (Å²) in [5.74, 6) is 4.01. The highest BCUT2D eigenvalue weighted by molar-refractivity contribution is 8.04. The van der Waals surface area contributed by atoms with Gasteiger partial charge in [-0.3, -0.25) is 9.59 Å². The van der Waals surface area contributed by atoms with E-state index in [9.17, 15) is 31.9 Å². The summed E-state index contributed by atoms with van der Waals surface area (Å²) in [5.41, 5.74) is -4.76. The molecule has 1 aromatic heterocycles. The maximum atomic E-state index is 14.4. The molecule has 0 saturated carbocycles. The number of carbonyl (C=O) groups is 1. The topological polar surface area (TPSA) is 87.1 Å². The number of rotatable bonds is 4. The Morgan fingerprint density at radius 3 is 2.32 bits per heavy atom. The Kier molecular flexibility index (Phi) is 6.09. The summed E-state index contributed by atoms with van der Waals surface area (Å²) < 4.78 is 52.9. The number of aldehydes is 1. The van der Waals surface area contributed by atoms with E-state index in [0.29, 0.717) is 11.9 Å². The van der Waals surface area contributed by atoms with Crippen LogP contribution in [-0.4, -0.2) is 15.5 Å². The molecule has 0 spiro atoms. The zero-order valence-corrected chi connectivity index (χ0v) is 15.9. The third-order valence-corrected chi connectivity index (χ3v) is 5.20. The average molecular weight is 438 g/mol. The van der Waals surface area contributed by atoms with Crippen LogP contribution in [0.25, 0.3) is 5.69 Å². The number of nitrogens with zero attached hydrogens (tertiary/aromatic N) is 2. The third-order valence-electron chi connectivity index (χ3n) is 3.49. The van der Waals surface area contributed by atoms with Crippen LogP contribution in [0.5, 0.6) is 0 Å². The second-order valence-corrected chi connectivity index (χ2v) is 7.16. The van der Waals surface area contributed by atoms with E-state index in [2.05, 4.69) is 0 Å². The predicted molar refractivity (Wildman–Crippen MR) is 96.7 cm³/mol. The Bertz CT molecular complexity index is 1100. The lowest BCUT2D eigenvalue weighted by Crippen LogP contribution is -2.45. The van der Waals surface area contributed by atoms with Gasteiger partial charge in [0.2, 0.25) is 0 Å². The lowest BCUT2D eigenvalue weighted by atomic mass is 10.3. The van der Waals surface area contributed by atoms with Crippen molar-refractivity contribution in [2.75, 3.05) is 5.84 Å². The minimum absolute atomic E-state index is 0.0786. The third kappa shape index (κ3) is 4.14. The molecule has 2 N–H and O–H groups in total. The van der Waals surface area contributed by atoms with Crippen molar-refractivity contribution in [1.29, 1.82) is 0 Å². The molecular formula is C16H12ClF4N3O3S. The number of nitrogen functional groups attached to an aromatic ring is 1. The second-order valence-electron chi connectivity index (χ2n) is 5.67. The quantitative estimate of drug-likeness (QED) is 0.261. The fraction of sp³-hybridized carbons (Fsp3) is 0.188. The van der Waals surface area contributed by atoms with Crippen LogP contribution in [0.1, 0.15) is 19.5 Å². The van der Waals surface area contributed by atoms with Gasteiger partial charge in [-0.25, -0.2) is 18.4 Å². The van der Waals surface area contributed by atoms with Crippen LogP contribution in [0.4, 0.5) is 17.6 Å². The molecule has 28 heavy (non-hydrogen) atoms. The van der Waals surface area contributed by atoms with Crippen LogP contribution in [0, 0.1) is 5.82 Å². The summed E-state index contributed by atoms with van der Waals surface area (Å²) in [6.07, 6.45) is -4.52. The van der Waals surface area contributed by atoms with Crippen LogP contribution in [0.2, 0.25) is 5.02 Å². The Morgan fingerprint density at radius 1 is 1.21 bits per heavy atom. The Labute approximate surface area is 164 Å². The van der Waals surface area contributed by atoms with Gasteiger partial charge in [0.25, 0.3) is 5.56 Å². The molecule has 0 saturated heterocycles. The fourth-order valence-corrected chi connectivity index (χ4v) is 3.21. The predicted octanol–water partition coefficient (Wildman–Crippen LogP) is 3.11. The number of alkyl halides is 3. The number of thioether (sulfide) groups is 1. The summed E-state index contributed by atoms with van der Waals surface area (Å²) in [6.45, 7) is 3.28. The van der Waals surface area contributed by atoms with Gasteiger partial charge in [-0.1, -0.05) is 28.9 Å². The largest absolute Gasteiger partial charge is 0.433 e. The summed E-state index contributed by atoms with van der Waals surface area (Å²) in [5, 5.41) is -0.125. The first kappa shape index (κ1) is 21.8. The SMILES string of the molecule is CC(C)=C(C=O)Sc1cc(-n2c(=O)cc(C(F)(F)F)n(N)c2=O)c(F)cc1Cl. The summed E-state index contributed by atoms with van der Waals surface area (Å²) in [7, 11) is 0. The van der Waals surface area contributed by atoms with Crippen molar-refractivity contribution in [2.24, 2.45) is 0 Å². The highest BCUT2D eigenvalue weighted by Crippen LogP contribution is 2.35. The van der Waals surface area contributed by atoms with Crippen molar-refractivity contribution in [3.8, 4) is 5.69 Å². The van der Waals surface area contributed by atoms with Gasteiger partial charge in [-0.15, -0.1) is 0 Å². The van der Waals surface area contributed by atoms with E-state index in [0.717, 1.165) is 23.9 Å². The number of nitrogens with two attached hydrogens (primary N) is 1. The first-order valence-corrected chi connectivity index (χ1v) is 8.59. The van der Waals surface area contributed by atoms with E-state index in [-0.39, 0.29) is 30.1 Å². The average Bonchev–Trinajstić information content (AvgIpc) is 2.57. The van der Waals surface area contributed by atoms with Crippen LogP contribution >= 0.6 is 23.4 Å². The highest BCUT2D eigenvalue weighted by atomic mass is 35.5. The van der Waals surface area contributed by atoms with Gasteiger partial charge in [-0.2, -0.15) is 13.2 Å². The molecular weight excluding hydrogens is 426 g/mol. The van der Waals surface area contributed by atoms with E-state index in [4.69, 9.17) is 17.4 Å². The van der Waals surface area contributed by atoms with Crippen molar-refractivity contribution in [3.05, 3.63) is 66.0 Å². The van der Waals surface area contributed by atoms with Crippen LogP contribution < -0.4 is 17.1 Å². The molecule has 0 bridgehead atoms. The molecule has 0 fully saturated rings. The normalized spacial score (nSPS) is 11.4. The Hall–Kier alpha value is -2.53. The number of halogens is 5. The maximum Gasteiger partial charge on any atom is 0.433 e. The number of aromatic nitrogens is 2. The molecule has 0 atom stereocenters. The molecule has 0 unspecified atom stereocenters. The van der Waals surface area contributed by atoms with E-state index >= 15 is 0 Å². The molecule has 2 aromatic rings. The first-order chi connectivity index (χ1) is 12.9. The lowest BCUT2D eigenvalue weighted by molar-refractivity contribution is -0.143. The van der Waals surface area contributed by atoms with Crippen molar-refractivity contribution in [1.82, 2.24) is 9.24 Å². The van der Waals surface area contributed by atoms with Gasteiger partial charge in [0.05, 0.1) is 15.6 Å². The molecule has 0 radical (unpaired) electrons. The molecule has 0 aliphatic carbocycles. The van der Waals surface area contributed by atoms with Crippen molar-refractivity contribution < 1.29 is 22.4 Å². The number of hydrogen-bond acceptors (Lipinski definition) is 5.